The third-order valence-corrected chi connectivity index (χ3v) is 5.95. The number of aldehydes is 1. The lowest BCUT2D eigenvalue weighted by Gasteiger charge is -2.43. The molecule has 0 saturated carbocycles. The van der Waals surface area contributed by atoms with E-state index in [2.05, 4.69) is 0 Å². The van der Waals surface area contributed by atoms with E-state index in [0.29, 0.717) is 17.4 Å². The number of nitrogens with zero attached hydrogens (tertiary/aromatic N) is 1. The highest BCUT2D eigenvalue weighted by atomic mass is 32.2. The molecule has 2 aliphatic rings. The fraction of sp³-hybridized carbons (Fsp3) is 0.438. The molecule has 3 rings (SSSR count). The van der Waals surface area contributed by atoms with Crippen molar-refractivity contribution in [3.8, 4) is 0 Å². The van der Waals surface area contributed by atoms with Crippen LogP contribution in [0.25, 0.3) is 0 Å². The Morgan fingerprint density at radius 2 is 2.09 bits per heavy atom. The molecule has 22 heavy (non-hydrogen) atoms. The van der Waals surface area contributed by atoms with E-state index in [4.69, 9.17) is 0 Å². The summed E-state index contributed by atoms with van der Waals surface area (Å²) in [6.45, 7) is 3.06. The topological polar surface area (TPSA) is 54.5 Å². The van der Waals surface area contributed by atoms with Crippen molar-refractivity contribution in [2.75, 3.05) is 6.67 Å². The van der Waals surface area contributed by atoms with Crippen LogP contribution in [0.15, 0.2) is 24.3 Å². The zero-order valence-corrected chi connectivity index (χ0v) is 13.1. The summed E-state index contributed by atoms with van der Waals surface area (Å²) < 4.78 is 12.4. The Bertz CT molecular complexity index is 661. The van der Waals surface area contributed by atoms with Crippen molar-refractivity contribution < 1.29 is 18.8 Å². The molecule has 0 N–H and O–H groups in total. The Kier molecular flexibility index (Phi) is 3.59. The Balaban J connectivity index is 1.98. The highest BCUT2D eigenvalue weighted by molar-refractivity contribution is 8.01. The van der Waals surface area contributed by atoms with E-state index in [-0.39, 0.29) is 17.1 Å². The van der Waals surface area contributed by atoms with Crippen molar-refractivity contribution in [2.45, 2.75) is 30.0 Å². The van der Waals surface area contributed by atoms with Crippen molar-refractivity contribution in [2.24, 2.45) is 5.92 Å². The number of β-lactam (4-membered cyclic amide) rings is 1. The Hall–Kier alpha value is -1.69. The highest BCUT2D eigenvalue weighted by Crippen LogP contribution is 2.53. The number of amides is 1. The molecular weight excluding hydrogens is 305 g/mol. The van der Waals surface area contributed by atoms with Gasteiger partial charge in [0.1, 0.15) is 12.7 Å². The van der Waals surface area contributed by atoms with Crippen molar-refractivity contribution in [1.82, 2.24) is 4.90 Å². The number of thioether (sulfide) groups is 1. The van der Waals surface area contributed by atoms with Crippen LogP contribution in [0.4, 0.5) is 4.39 Å². The van der Waals surface area contributed by atoms with Gasteiger partial charge in [-0.2, -0.15) is 0 Å². The van der Waals surface area contributed by atoms with Crippen molar-refractivity contribution in [3.63, 3.8) is 0 Å². The van der Waals surface area contributed by atoms with Gasteiger partial charge in [-0.1, -0.05) is 24.3 Å². The standard InChI is InChI=1S/C16H16FNO3S/c1-16(2)13(18-14(21)11(7-17)15(18)22-16)12(20)10-6-4-3-5-9(10)8-19/h3-6,8,11,13,15H,7H2,1-2H3/t11-,13+,15-/m1/s1. The summed E-state index contributed by atoms with van der Waals surface area (Å²) >= 11 is 1.45. The van der Waals surface area contributed by atoms with Crippen molar-refractivity contribution in [3.05, 3.63) is 35.4 Å². The van der Waals surface area contributed by atoms with Gasteiger partial charge in [0.05, 0.1) is 11.3 Å². The minimum Gasteiger partial charge on any atom is -0.318 e. The average Bonchev–Trinajstić information content (AvgIpc) is 2.75. The van der Waals surface area contributed by atoms with Gasteiger partial charge in [0.2, 0.25) is 5.91 Å². The van der Waals surface area contributed by atoms with E-state index in [0.717, 1.165) is 0 Å². The van der Waals surface area contributed by atoms with Crippen LogP contribution in [-0.2, 0) is 4.79 Å². The van der Waals surface area contributed by atoms with E-state index in [1.54, 1.807) is 24.3 Å². The van der Waals surface area contributed by atoms with E-state index in [1.807, 2.05) is 13.8 Å². The largest absolute Gasteiger partial charge is 0.318 e. The Morgan fingerprint density at radius 3 is 2.73 bits per heavy atom. The van der Waals surface area contributed by atoms with Crippen LogP contribution in [0.5, 0.6) is 0 Å². The van der Waals surface area contributed by atoms with Gasteiger partial charge in [-0.3, -0.25) is 18.8 Å². The number of rotatable bonds is 4. The molecule has 0 unspecified atom stereocenters. The fourth-order valence-corrected chi connectivity index (χ4v) is 4.89. The highest BCUT2D eigenvalue weighted by Gasteiger charge is 2.63. The summed E-state index contributed by atoms with van der Waals surface area (Å²) in [5, 5.41) is -0.287. The summed E-state index contributed by atoms with van der Waals surface area (Å²) in [5.41, 5.74) is 0.625. The SMILES string of the molecule is CC1(C)S[C@@H]2[C@H](CF)C(=O)N2[C@H]1C(=O)c1ccccc1C=O. The van der Waals surface area contributed by atoms with Gasteiger partial charge in [0.15, 0.2) is 12.1 Å². The molecule has 2 saturated heterocycles. The van der Waals surface area contributed by atoms with Crippen LogP contribution < -0.4 is 0 Å². The number of carbonyl (C=O) groups is 3. The van der Waals surface area contributed by atoms with Gasteiger partial charge in [0.25, 0.3) is 0 Å². The lowest BCUT2D eigenvalue weighted by molar-refractivity contribution is -0.152. The Morgan fingerprint density at radius 1 is 1.41 bits per heavy atom. The number of halogens is 1. The number of fused-ring (bicyclic) bond motifs is 1. The minimum absolute atomic E-state index is 0.256. The second kappa shape index (κ2) is 5.19. The molecule has 0 aliphatic carbocycles. The zero-order valence-electron chi connectivity index (χ0n) is 12.3. The molecule has 3 atom stereocenters. The molecule has 0 bridgehead atoms. The first-order valence-electron chi connectivity index (χ1n) is 7.06. The number of hydrogen-bond acceptors (Lipinski definition) is 4. The molecule has 0 spiro atoms. The molecule has 6 heteroatoms. The summed E-state index contributed by atoms with van der Waals surface area (Å²) in [5.74, 6) is -1.22. The molecule has 1 aromatic rings. The second-order valence-corrected chi connectivity index (χ2v) is 7.86. The predicted octanol–water partition coefficient (Wildman–Crippen LogP) is 2.33. The van der Waals surface area contributed by atoms with Crippen LogP contribution in [0.2, 0.25) is 0 Å². The van der Waals surface area contributed by atoms with Gasteiger partial charge < -0.3 is 4.90 Å². The summed E-state index contributed by atoms with van der Waals surface area (Å²) in [6.07, 6.45) is 0.641. The number of alkyl halides is 1. The molecule has 1 amide bonds. The second-order valence-electron chi connectivity index (χ2n) is 6.09. The van der Waals surface area contributed by atoms with Crippen LogP contribution in [0.3, 0.4) is 0 Å². The van der Waals surface area contributed by atoms with Gasteiger partial charge >= 0.3 is 0 Å². The third kappa shape index (κ3) is 2.00. The molecule has 2 fully saturated rings. The first kappa shape index (κ1) is 15.2. The predicted molar refractivity (Wildman–Crippen MR) is 81.7 cm³/mol. The smallest absolute Gasteiger partial charge is 0.232 e. The van der Waals surface area contributed by atoms with Crippen LogP contribution in [0.1, 0.15) is 34.6 Å². The molecule has 1 aromatic carbocycles. The molecule has 116 valence electrons. The minimum atomic E-state index is -0.699. The summed E-state index contributed by atoms with van der Waals surface area (Å²) in [7, 11) is 0. The van der Waals surface area contributed by atoms with E-state index in [1.165, 1.54) is 16.7 Å². The maximum atomic E-state index is 13.0. The molecular formula is C16H16FNO3S. The van der Waals surface area contributed by atoms with Gasteiger partial charge in [0, 0.05) is 15.9 Å². The number of ketones is 1. The number of carbonyl (C=O) groups excluding carboxylic acids is 3. The molecule has 2 aliphatic heterocycles. The first-order chi connectivity index (χ1) is 10.4. The normalized spacial score (nSPS) is 29.0. The van der Waals surface area contributed by atoms with Gasteiger partial charge in [-0.05, 0) is 13.8 Å². The van der Waals surface area contributed by atoms with Gasteiger partial charge in [-0.15, -0.1) is 11.8 Å². The van der Waals surface area contributed by atoms with E-state index < -0.39 is 23.4 Å². The first-order valence-corrected chi connectivity index (χ1v) is 7.94. The monoisotopic (exact) mass is 321 g/mol. The van der Waals surface area contributed by atoms with Gasteiger partial charge in [-0.25, -0.2) is 0 Å². The van der Waals surface area contributed by atoms with Crippen LogP contribution in [0, 0.1) is 5.92 Å². The molecule has 4 nitrogen and oxygen atoms in total. The third-order valence-electron chi connectivity index (χ3n) is 4.32. The quantitative estimate of drug-likeness (QED) is 0.485. The van der Waals surface area contributed by atoms with Crippen LogP contribution >= 0.6 is 11.8 Å². The summed E-state index contributed by atoms with van der Waals surface area (Å²) in [6, 6.07) is 5.88. The summed E-state index contributed by atoms with van der Waals surface area (Å²) in [4.78, 5) is 37.7. The lowest BCUT2D eigenvalue weighted by atomic mass is 9.86. The van der Waals surface area contributed by atoms with Crippen molar-refractivity contribution in [1.29, 1.82) is 0 Å². The van der Waals surface area contributed by atoms with Crippen molar-refractivity contribution >= 4 is 29.7 Å². The number of hydrogen-bond donors (Lipinski definition) is 0. The molecule has 0 aromatic heterocycles. The molecule has 2 heterocycles. The maximum absolute atomic E-state index is 13.0. The lowest BCUT2D eigenvalue weighted by Crippen LogP contribution is -2.63. The van der Waals surface area contributed by atoms with Crippen LogP contribution in [-0.4, -0.2) is 45.7 Å². The number of Topliss-reactive ketones (excluding diaryl/α,β-unsaturated/α-hetero) is 1. The Labute approximate surface area is 132 Å². The van der Waals surface area contributed by atoms with E-state index in [9.17, 15) is 18.8 Å². The van der Waals surface area contributed by atoms with E-state index >= 15 is 0 Å². The molecule has 0 radical (unpaired) electrons. The maximum Gasteiger partial charge on any atom is 0.232 e. The fourth-order valence-electron chi connectivity index (χ4n) is 3.23. The number of benzene rings is 1. The average molecular weight is 321 g/mol. The zero-order chi connectivity index (χ0) is 16.1.